The van der Waals surface area contributed by atoms with E-state index in [2.05, 4.69) is 0 Å². The number of nitrogens with zero attached hydrogens (tertiary/aromatic N) is 1. The van der Waals surface area contributed by atoms with Gasteiger partial charge in [0.15, 0.2) is 11.5 Å². The second-order valence-electron chi connectivity index (χ2n) is 6.42. The lowest BCUT2D eigenvalue weighted by Gasteiger charge is -2.19. The summed E-state index contributed by atoms with van der Waals surface area (Å²) in [5, 5.41) is 10.6. The number of benzene rings is 2. The molecule has 0 bridgehead atoms. The fourth-order valence-electron chi connectivity index (χ4n) is 2.36. The van der Waals surface area contributed by atoms with E-state index in [0.717, 1.165) is 5.39 Å². The predicted octanol–water partition coefficient (Wildman–Crippen LogP) is 4.92. The van der Waals surface area contributed by atoms with Crippen molar-refractivity contribution in [3.8, 4) is 17.2 Å². The maximum Gasteiger partial charge on any atom is 0.418 e. The highest BCUT2D eigenvalue weighted by molar-refractivity contribution is 5.93. The number of phenolic OH excluding ortho intramolecular Hbond substituents is 1. The Morgan fingerprint density at radius 2 is 1.71 bits per heavy atom. The maximum atomic E-state index is 12.3. The molecule has 0 aliphatic rings. The van der Waals surface area contributed by atoms with Crippen LogP contribution in [0.2, 0.25) is 0 Å². The van der Waals surface area contributed by atoms with Gasteiger partial charge in [0.2, 0.25) is 0 Å². The average Bonchev–Trinajstić information content (AvgIpc) is 2.93. The third-order valence-corrected chi connectivity index (χ3v) is 3.37. The number of aromatic nitrogens is 1. The quantitative estimate of drug-likeness (QED) is 0.726. The molecule has 3 aromatic rings. The highest BCUT2D eigenvalue weighted by Crippen LogP contribution is 2.34. The number of fused-ring (bicyclic) bond motifs is 1. The van der Waals surface area contributed by atoms with E-state index in [1.54, 1.807) is 48.7 Å². The third kappa shape index (κ3) is 3.20. The molecular formula is C19H19NO4. The van der Waals surface area contributed by atoms with Gasteiger partial charge in [-0.25, -0.2) is 4.79 Å². The summed E-state index contributed by atoms with van der Waals surface area (Å²) < 4.78 is 12.7. The first-order valence-corrected chi connectivity index (χ1v) is 7.64. The molecule has 2 aromatic carbocycles. The molecule has 1 aromatic heterocycles. The number of carbonyl (C=O) groups is 1. The first-order chi connectivity index (χ1) is 11.3. The van der Waals surface area contributed by atoms with Crippen molar-refractivity contribution in [1.82, 2.24) is 4.57 Å². The standard InChI is InChI=1S/C19H19NO4/c1-19(2,3)24-18(22)20-12-11-13-14(20)7-6-10-16(13)23-17-9-5-4-8-15(17)21/h4-12,21H,1-3H3. The van der Waals surface area contributed by atoms with E-state index >= 15 is 0 Å². The number of rotatable bonds is 2. The van der Waals surface area contributed by atoms with E-state index in [0.29, 0.717) is 17.0 Å². The lowest BCUT2D eigenvalue weighted by Crippen LogP contribution is -2.26. The number of hydrogen-bond acceptors (Lipinski definition) is 4. The van der Waals surface area contributed by atoms with E-state index in [9.17, 15) is 9.90 Å². The minimum Gasteiger partial charge on any atom is -0.504 e. The van der Waals surface area contributed by atoms with Crippen molar-refractivity contribution in [2.75, 3.05) is 0 Å². The van der Waals surface area contributed by atoms with Crippen LogP contribution in [0.4, 0.5) is 4.79 Å². The van der Waals surface area contributed by atoms with Crippen molar-refractivity contribution in [3.05, 3.63) is 54.7 Å². The van der Waals surface area contributed by atoms with Gasteiger partial charge in [0.1, 0.15) is 11.4 Å². The molecule has 1 heterocycles. The van der Waals surface area contributed by atoms with Crippen molar-refractivity contribution in [1.29, 1.82) is 0 Å². The molecule has 24 heavy (non-hydrogen) atoms. The van der Waals surface area contributed by atoms with Crippen LogP contribution < -0.4 is 4.74 Å². The molecule has 124 valence electrons. The smallest absolute Gasteiger partial charge is 0.418 e. The summed E-state index contributed by atoms with van der Waals surface area (Å²) in [5.74, 6) is 0.965. The molecule has 0 aliphatic heterocycles. The van der Waals surface area contributed by atoms with Gasteiger partial charge >= 0.3 is 6.09 Å². The highest BCUT2D eigenvalue weighted by Gasteiger charge is 2.20. The van der Waals surface area contributed by atoms with Gasteiger partial charge in [-0.15, -0.1) is 0 Å². The van der Waals surface area contributed by atoms with Gasteiger partial charge in [0, 0.05) is 11.6 Å². The normalized spacial score (nSPS) is 11.5. The fourth-order valence-corrected chi connectivity index (χ4v) is 2.36. The van der Waals surface area contributed by atoms with Gasteiger partial charge in [0.25, 0.3) is 0 Å². The molecule has 0 radical (unpaired) electrons. The number of ether oxygens (including phenoxy) is 2. The van der Waals surface area contributed by atoms with Crippen LogP contribution in [-0.2, 0) is 4.74 Å². The summed E-state index contributed by atoms with van der Waals surface area (Å²) in [7, 11) is 0. The molecule has 0 atom stereocenters. The number of phenols is 1. The first-order valence-electron chi connectivity index (χ1n) is 7.64. The number of carbonyl (C=O) groups excluding carboxylic acids is 1. The zero-order chi connectivity index (χ0) is 17.3. The molecule has 3 rings (SSSR count). The van der Waals surface area contributed by atoms with Crippen LogP contribution in [0.1, 0.15) is 20.8 Å². The molecule has 0 unspecified atom stereocenters. The van der Waals surface area contributed by atoms with Crippen LogP contribution in [0.5, 0.6) is 17.2 Å². The van der Waals surface area contributed by atoms with Gasteiger partial charge in [-0.2, -0.15) is 0 Å². The molecule has 0 amide bonds. The summed E-state index contributed by atoms with van der Waals surface area (Å²) in [6.45, 7) is 5.47. The van der Waals surface area contributed by atoms with Crippen molar-refractivity contribution in [3.63, 3.8) is 0 Å². The average molecular weight is 325 g/mol. The lowest BCUT2D eigenvalue weighted by molar-refractivity contribution is 0.0544. The topological polar surface area (TPSA) is 60.7 Å². The largest absolute Gasteiger partial charge is 0.504 e. The number of para-hydroxylation sites is 2. The lowest BCUT2D eigenvalue weighted by atomic mass is 10.2. The van der Waals surface area contributed by atoms with Crippen LogP contribution in [0.15, 0.2) is 54.7 Å². The third-order valence-electron chi connectivity index (χ3n) is 3.37. The zero-order valence-corrected chi connectivity index (χ0v) is 13.8. The summed E-state index contributed by atoms with van der Waals surface area (Å²) >= 11 is 0. The van der Waals surface area contributed by atoms with Crippen LogP contribution in [0.25, 0.3) is 10.9 Å². The Morgan fingerprint density at radius 1 is 1.00 bits per heavy atom. The first kappa shape index (κ1) is 15.9. The second-order valence-corrected chi connectivity index (χ2v) is 6.42. The van der Waals surface area contributed by atoms with Crippen LogP contribution in [0.3, 0.4) is 0 Å². The van der Waals surface area contributed by atoms with Crippen molar-refractivity contribution < 1.29 is 19.4 Å². The van der Waals surface area contributed by atoms with Crippen LogP contribution in [-0.4, -0.2) is 21.4 Å². The molecule has 0 saturated heterocycles. The van der Waals surface area contributed by atoms with Crippen molar-refractivity contribution >= 4 is 17.0 Å². The summed E-state index contributed by atoms with van der Waals surface area (Å²) in [6, 6.07) is 13.9. The number of hydrogen-bond donors (Lipinski definition) is 1. The van der Waals surface area contributed by atoms with E-state index in [-0.39, 0.29) is 5.75 Å². The van der Waals surface area contributed by atoms with Gasteiger partial charge in [0.05, 0.1) is 5.52 Å². The summed E-state index contributed by atoms with van der Waals surface area (Å²) in [6.07, 6.45) is 1.20. The minimum atomic E-state index is -0.572. The molecule has 0 fully saturated rings. The van der Waals surface area contributed by atoms with Gasteiger partial charge in [-0.1, -0.05) is 18.2 Å². The van der Waals surface area contributed by atoms with E-state index in [1.165, 1.54) is 4.57 Å². The fraction of sp³-hybridized carbons (Fsp3) is 0.211. The Hall–Kier alpha value is -2.95. The maximum absolute atomic E-state index is 12.3. The van der Waals surface area contributed by atoms with Gasteiger partial charge < -0.3 is 14.6 Å². The van der Waals surface area contributed by atoms with Gasteiger partial charge in [-0.05, 0) is 51.1 Å². The summed E-state index contributed by atoms with van der Waals surface area (Å²) in [4.78, 5) is 12.3. The monoisotopic (exact) mass is 325 g/mol. The molecule has 0 spiro atoms. The molecule has 5 heteroatoms. The predicted molar refractivity (Wildman–Crippen MR) is 91.8 cm³/mol. The zero-order valence-electron chi connectivity index (χ0n) is 13.8. The Balaban J connectivity index is 1.98. The minimum absolute atomic E-state index is 0.0566. The van der Waals surface area contributed by atoms with Gasteiger partial charge in [-0.3, -0.25) is 4.57 Å². The Morgan fingerprint density at radius 3 is 2.42 bits per heavy atom. The van der Waals surface area contributed by atoms with Crippen LogP contribution in [0, 0.1) is 0 Å². The highest BCUT2D eigenvalue weighted by atomic mass is 16.6. The Bertz CT molecular complexity index is 890. The molecular weight excluding hydrogens is 306 g/mol. The van der Waals surface area contributed by atoms with E-state index in [4.69, 9.17) is 9.47 Å². The Kier molecular flexibility index (Phi) is 3.93. The number of aromatic hydroxyl groups is 1. The van der Waals surface area contributed by atoms with Crippen molar-refractivity contribution in [2.24, 2.45) is 0 Å². The molecule has 1 N–H and O–H groups in total. The molecule has 5 nitrogen and oxygen atoms in total. The van der Waals surface area contributed by atoms with Crippen molar-refractivity contribution in [2.45, 2.75) is 26.4 Å². The van der Waals surface area contributed by atoms with E-state index in [1.807, 2.05) is 26.8 Å². The second kappa shape index (κ2) is 5.92. The van der Waals surface area contributed by atoms with E-state index < -0.39 is 11.7 Å². The van der Waals surface area contributed by atoms with Crippen LogP contribution >= 0.6 is 0 Å². The SMILES string of the molecule is CC(C)(C)OC(=O)n1ccc2c(Oc3ccccc3O)cccc21. The summed E-state index contributed by atoms with van der Waals surface area (Å²) in [5.41, 5.74) is 0.106. The molecule has 0 saturated carbocycles. The Labute approximate surface area is 140 Å². The molecule has 0 aliphatic carbocycles.